The Kier molecular flexibility index (Phi) is 4.22. The highest BCUT2D eigenvalue weighted by atomic mass is 16.5. The molecule has 1 rings (SSSR count). The molecule has 0 spiro atoms. The first-order chi connectivity index (χ1) is 8.29. The number of amides is 1. The SMILES string of the molecule is CNc1cc(C(C)(C)C)cc(NC(C)=O)c1OC. The number of carbonyl (C=O) groups excluding carboxylic acids is 1. The second kappa shape index (κ2) is 5.29. The molecule has 0 fully saturated rings. The van der Waals surface area contributed by atoms with Gasteiger partial charge in [0, 0.05) is 14.0 Å². The zero-order valence-electron chi connectivity index (χ0n) is 12.0. The fourth-order valence-corrected chi connectivity index (χ4v) is 1.75. The van der Waals surface area contributed by atoms with Crippen LogP contribution in [0.25, 0.3) is 0 Å². The monoisotopic (exact) mass is 250 g/mol. The number of ether oxygens (including phenoxy) is 1. The maximum Gasteiger partial charge on any atom is 0.221 e. The minimum absolute atomic E-state index is 0.00505. The summed E-state index contributed by atoms with van der Waals surface area (Å²) in [5.74, 6) is 0.544. The first-order valence-corrected chi connectivity index (χ1v) is 5.97. The Balaban J connectivity index is 3.40. The predicted octanol–water partition coefficient (Wildman–Crippen LogP) is 2.99. The molecule has 4 nitrogen and oxygen atoms in total. The van der Waals surface area contributed by atoms with E-state index < -0.39 is 0 Å². The van der Waals surface area contributed by atoms with Crippen molar-refractivity contribution < 1.29 is 9.53 Å². The summed E-state index contributed by atoms with van der Waals surface area (Å²) in [6.07, 6.45) is 0. The van der Waals surface area contributed by atoms with Gasteiger partial charge in [0.15, 0.2) is 5.75 Å². The molecule has 18 heavy (non-hydrogen) atoms. The van der Waals surface area contributed by atoms with Crippen molar-refractivity contribution in [2.24, 2.45) is 0 Å². The molecule has 0 saturated heterocycles. The highest BCUT2D eigenvalue weighted by Gasteiger charge is 2.19. The van der Waals surface area contributed by atoms with Gasteiger partial charge < -0.3 is 15.4 Å². The summed E-state index contributed by atoms with van der Waals surface area (Å²) >= 11 is 0. The number of hydrogen-bond donors (Lipinski definition) is 2. The van der Waals surface area contributed by atoms with Crippen LogP contribution in [-0.2, 0) is 10.2 Å². The molecule has 0 radical (unpaired) electrons. The molecule has 0 atom stereocenters. The lowest BCUT2D eigenvalue weighted by Gasteiger charge is -2.23. The van der Waals surface area contributed by atoms with Gasteiger partial charge in [-0.1, -0.05) is 20.8 Å². The molecule has 0 aliphatic rings. The van der Waals surface area contributed by atoms with E-state index in [1.54, 1.807) is 7.11 Å². The highest BCUT2D eigenvalue weighted by Crippen LogP contribution is 2.38. The van der Waals surface area contributed by atoms with Gasteiger partial charge in [-0.2, -0.15) is 0 Å². The van der Waals surface area contributed by atoms with Crippen LogP contribution in [0.15, 0.2) is 12.1 Å². The number of benzene rings is 1. The van der Waals surface area contributed by atoms with Gasteiger partial charge in [-0.15, -0.1) is 0 Å². The van der Waals surface area contributed by atoms with E-state index in [9.17, 15) is 4.79 Å². The zero-order valence-corrected chi connectivity index (χ0v) is 12.0. The lowest BCUT2D eigenvalue weighted by Crippen LogP contribution is -2.14. The summed E-state index contributed by atoms with van der Waals surface area (Å²) in [5, 5.41) is 5.90. The molecule has 1 aromatic carbocycles. The van der Waals surface area contributed by atoms with Gasteiger partial charge in [-0.3, -0.25) is 4.79 Å². The third-order valence-corrected chi connectivity index (χ3v) is 2.74. The number of methoxy groups -OCH3 is 1. The molecule has 0 bridgehead atoms. The van der Waals surface area contributed by atoms with Crippen LogP contribution >= 0.6 is 0 Å². The molecule has 0 unspecified atom stereocenters. The van der Waals surface area contributed by atoms with Crippen LogP contribution in [0.1, 0.15) is 33.3 Å². The van der Waals surface area contributed by atoms with Gasteiger partial charge in [-0.05, 0) is 23.1 Å². The zero-order chi connectivity index (χ0) is 13.9. The van der Waals surface area contributed by atoms with Crippen LogP contribution in [0.2, 0.25) is 0 Å². The van der Waals surface area contributed by atoms with Gasteiger partial charge in [-0.25, -0.2) is 0 Å². The number of hydrogen-bond acceptors (Lipinski definition) is 3. The minimum Gasteiger partial charge on any atom is -0.492 e. The van der Waals surface area contributed by atoms with Crippen LogP contribution < -0.4 is 15.4 Å². The Morgan fingerprint density at radius 2 is 1.78 bits per heavy atom. The van der Waals surface area contributed by atoms with Crippen molar-refractivity contribution in [2.75, 3.05) is 24.8 Å². The average molecular weight is 250 g/mol. The fraction of sp³-hybridized carbons (Fsp3) is 0.500. The summed E-state index contributed by atoms with van der Waals surface area (Å²) in [6.45, 7) is 7.88. The molecule has 2 N–H and O–H groups in total. The maximum atomic E-state index is 11.3. The molecule has 0 heterocycles. The molecule has 100 valence electrons. The van der Waals surface area contributed by atoms with Gasteiger partial charge in [0.05, 0.1) is 18.5 Å². The first kappa shape index (κ1) is 14.4. The summed E-state index contributed by atoms with van der Waals surface area (Å²) in [5.41, 5.74) is 2.71. The van der Waals surface area contributed by atoms with Crippen LogP contribution in [0.3, 0.4) is 0 Å². The highest BCUT2D eigenvalue weighted by molar-refractivity contribution is 5.92. The largest absolute Gasteiger partial charge is 0.492 e. The number of rotatable bonds is 3. The molecular formula is C14H22N2O2. The predicted molar refractivity (Wildman–Crippen MR) is 75.5 cm³/mol. The van der Waals surface area contributed by atoms with Crippen LogP contribution in [0.5, 0.6) is 5.75 Å². The van der Waals surface area contributed by atoms with Crippen molar-refractivity contribution >= 4 is 17.3 Å². The van der Waals surface area contributed by atoms with Gasteiger partial charge in [0.25, 0.3) is 0 Å². The molecule has 0 aromatic heterocycles. The van der Waals surface area contributed by atoms with Crippen LogP contribution in [-0.4, -0.2) is 20.1 Å². The van der Waals surface area contributed by atoms with Gasteiger partial charge >= 0.3 is 0 Å². The number of anilines is 2. The Bertz CT molecular complexity index is 448. The van der Waals surface area contributed by atoms with E-state index >= 15 is 0 Å². The summed E-state index contributed by atoms with van der Waals surface area (Å²) < 4.78 is 5.36. The van der Waals surface area contributed by atoms with E-state index in [-0.39, 0.29) is 11.3 Å². The second-order valence-corrected chi connectivity index (χ2v) is 5.29. The van der Waals surface area contributed by atoms with E-state index in [0.717, 1.165) is 11.3 Å². The van der Waals surface area contributed by atoms with Gasteiger partial charge in [0.2, 0.25) is 5.91 Å². The fourth-order valence-electron chi connectivity index (χ4n) is 1.75. The Hall–Kier alpha value is -1.71. The van der Waals surface area contributed by atoms with Crippen molar-refractivity contribution in [3.05, 3.63) is 17.7 Å². The van der Waals surface area contributed by atoms with Crippen LogP contribution in [0.4, 0.5) is 11.4 Å². The van der Waals surface area contributed by atoms with Crippen molar-refractivity contribution in [1.82, 2.24) is 0 Å². The molecule has 0 aliphatic carbocycles. The van der Waals surface area contributed by atoms with Crippen molar-refractivity contribution in [2.45, 2.75) is 33.1 Å². The lowest BCUT2D eigenvalue weighted by molar-refractivity contribution is -0.114. The molecular weight excluding hydrogens is 228 g/mol. The summed E-state index contributed by atoms with van der Waals surface area (Å²) in [6, 6.07) is 4.01. The van der Waals surface area contributed by atoms with Gasteiger partial charge in [0.1, 0.15) is 0 Å². The second-order valence-electron chi connectivity index (χ2n) is 5.29. The number of carbonyl (C=O) groups is 1. The van der Waals surface area contributed by atoms with Crippen molar-refractivity contribution in [3.8, 4) is 5.75 Å². The third kappa shape index (κ3) is 3.15. The lowest BCUT2D eigenvalue weighted by atomic mass is 9.86. The quantitative estimate of drug-likeness (QED) is 0.867. The van der Waals surface area contributed by atoms with Crippen molar-refractivity contribution in [1.29, 1.82) is 0 Å². The smallest absolute Gasteiger partial charge is 0.221 e. The topological polar surface area (TPSA) is 50.4 Å². The first-order valence-electron chi connectivity index (χ1n) is 5.97. The van der Waals surface area contributed by atoms with E-state index in [4.69, 9.17) is 4.74 Å². The Morgan fingerprint density at radius 1 is 1.22 bits per heavy atom. The number of nitrogens with one attached hydrogen (secondary N) is 2. The van der Waals surface area contributed by atoms with E-state index in [0.29, 0.717) is 11.4 Å². The average Bonchev–Trinajstić information content (AvgIpc) is 2.25. The van der Waals surface area contributed by atoms with E-state index in [1.165, 1.54) is 6.92 Å². The van der Waals surface area contributed by atoms with Crippen LogP contribution in [0, 0.1) is 0 Å². The normalized spacial score (nSPS) is 11.0. The minimum atomic E-state index is -0.110. The third-order valence-electron chi connectivity index (χ3n) is 2.74. The molecule has 1 amide bonds. The van der Waals surface area contributed by atoms with Crippen molar-refractivity contribution in [3.63, 3.8) is 0 Å². The molecule has 0 saturated carbocycles. The van der Waals surface area contributed by atoms with E-state index in [1.807, 2.05) is 19.2 Å². The standard InChI is InChI=1S/C14H22N2O2/c1-9(17)16-12-8-10(14(2,3)4)7-11(15-5)13(12)18-6/h7-8,15H,1-6H3,(H,16,17). The van der Waals surface area contributed by atoms with E-state index in [2.05, 4.69) is 31.4 Å². The summed E-state index contributed by atoms with van der Waals surface area (Å²) in [4.78, 5) is 11.3. The summed E-state index contributed by atoms with van der Waals surface area (Å²) in [7, 11) is 3.43. The molecule has 4 heteroatoms. The molecule has 1 aromatic rings. The maximum absolute atomic E-state index is 11.3. The Morgan fingerprint density at radius 3 is 2.17 bits per heavy atom. The molecule has 0 aliphatic heterocycles. The Labute approximate surface area is 109 Å².